The van der Waals surface area contributed by atoms with E-state index in [9.17, 15) is 5.11 Å². The second-order valence-corrected chi connectivity index (χ2v) is 4.49. The normalized spacial score (nSPS) is 20.8. The molecular weight excluding hydrogens is 202 g/mol. The maximum Gasteiger partial charge on any atom is 0.161 e. The molecule has 3 nitrogen and oxygen atoms in total. The van der Waals surface area contributed by atoms with Gasteiger partial charge in [-0.3, -0.25) is 0 Å². The highest BCUT2D eigenvalue weighted by Gasteiger charge is 2.16. The molecule has 88 valence electrons. The van der Waals surface area contributed by atoms with Crippen molar-refractivity contribution in [3.05, 3.63) is 23.3 Å². The molecule has 0 bridgehead atoms. The van der Waals surface area contributed by atoms with Gasteiger partial charge >= 0.3 is 0 Å². The Morgan fingerprint density at radius 1 is 1.31 bits per heavy atom. The summed E-state index contributed by atoms with van der Waals surface area (Å²) >= 11 is 0. The molecule has 0 saturated carbocycles. The largest absolute Gasteiger partial charge is 0.504 e. The summed E-state index contributed by atoms with van der Waals surface area (Å²) < 4.78 is 5.81. The van der Waals surface area contributed by atoms with Crippen molar-refractivity contribution in [2.24, 2.45) is 0 Å². The number of hydrogen-bond acceptors (Lipinski definition) is 3. The first-order valence-corrected chi connectivity index (χ1v) is 5.84. The summed E-state index contributed by atoms with van der Waals surface area (Å²) in [4.78, 5) is 0. The molecule has 3 heteroatoms. The molecule has 1 fully saturated rings. The molecule has 1 saturated heterocycles. The molecular formula is C13H19NO2. The van der Waals surface area contributed by atoms with E-state index in [-0.39, 0.29) is 11.9 Å². The van der Waals surface area contributed by atoms with E-state index in [0.717, 1.165) is 37.1 Å². The van der Waals surface area contributed by atoms with Crippen molar-refractivity contribution in [3.8, 4) is 11.5 Å². The molecule has 1 aromatic rings. The second-order valence-electron chi connectivity index (χ2n) is 4.49. The van der Waals surface area contributed by atoms with Crippen molar-refractivity contribution in [1.29, 1.82) is 0 Å². The number of phenols is 1. The van der Waals surface area contributed by atoms with Gasteiger partial charge in [0.1, 0.15) is 6.10 Å². The van der Waals surface area contributed by atoms with Gasteiger partial charge in [0.2, 0.25) is 0 Å². The van der Waals surface area contributed by atoms with Gasteiger partial charge in [-0.05, 0) is 56.5 Å². The zero-order valence-electron chi connectivity index (χ0n) is 9.92. The average molecular weight is 221 g/mol. The summed E-state index contributed by atoms with van der Waals surface area (Å²) in [5, 5.41) is 13.1. The Balaban J connectivity index is 2.11. The van der Waals surface area contributed by atoms with Crippen molar-refractivity contribution >= 4 is 0 Å². The van der Waals surface area contributed by atoms with Crippen molar-refractivity contribution in [2.45, 2.75) is 32.8 Å². The molecule has 1 aliphatic heterocycles. The Kier molecular flexibility index (Phi) is 3.34. The minimum atomic E-state index is 0.182. The van der Waals surface area contributed by atoms with Gasteiger partial charge in [-0.15, -0.1) is 0 Å². The van der Waals surface area contributed by atoms with Gasteiger partial charge in [-0.1, -0.05) is 0 Å². The first kappa shape index (κ1) is 11.3. The van der Waals surface area contributed by atoms with Crippen LogP contribution < -0.4 is 10.1 Å². The van der Waals surface area contributed by atoms with E-state index in [1.54, 1.807) is 6.07 Å². The number of nitrogens with one attached hydrogen (secondary N) is 1. The Bertz CT molecular complexity index is 370. The number of aryl methyl sites for hydroxylation is 2. The van der Waals surface area contributed by atoms with Crippen LogP contribution in [0.1, 0.15) is 24.0 Å². The SMILES string of the molecule is Cc1cc(O)c(OC2CCCNC2)cc1C. The summed E-state index contributed by atoms with van der Waals surface area (Å²) in [5.41, 5.74) is 2.24. The molecule has 1 heterocycles. The molecule has 0 aliphatic carbocycles. The van der Waals surface area contributed by atoms with Crippen LogP contribution in [0.25, 0.3) is 0 Å². The summed E-state index contributed by atoms with van der Waals surface area (Å²) in [6, 6.07) is 3.68. The monoisotopic (exact) mass is 221 g/mol. The lowest BCUT2D eigenvalue weighted by Crippen LogP contribution is -2.37. The second kappa shape index (κ2) is 4.74. The number of phenolic OH excluding ortho intramolecular Hbond substituents is 1. The third-order valence-electron chi connectivity index (χ3n) is 3.12. The first-order valence-electron chi connectivity index (χ1n) is 5.84. The lowest BCUT2D eigenvalue weighted by Gasteiger charge is -2.24. The highest BCUT2D eigenvalue weighted by atomic mass is 16.5. The number of rotatable bonds is 2. The molecule has 0 radical (unpaired) electrons. The quantitative estimate of drug-likeness (QED) is 0.804. The fourth-order valence-corrected chi connectivity index (χ4v) is 1.97. The van der Waals surface area contributed by atoms with Crippen LogP contribution in [0, 0.1) is 13.8 Å². The molecule has 2 N–H and O–H groups in total. The fraction of sp³-hybridized carbons (Fsp3) is 0.538. The van der Waals surface area contributed by atoms with Gasteiger partial charge < -0.3 is 15.2 Å². The summed E-state index contributed by atoms with van der Waals surface area (Å²) in [6.45, 7) is 5.95. The van der Waals surface area contributed by atoms with Crippen molar-refractivity contribution in [2.75, 3.05) is 13.1 Å². The smallest absolute Gasteiger partial charge is 0.161 e. The van der Waals surface area contributed by atoms with Crippen LogP contribution in [0.5, 0.6) is 11.5 Å². The van der Waals surface area contributed by atoms with Crippen LogP contribution in [-0.4, -0.2) is 24.3 Å². The molecule has 16 heavy (non-hydrogen) atoms. The highest BCUT2D eigenvalue weighted by Crippen LogP contribution is 2.30. The summed E-state index contributed by atoms with van der Waals surface area (Å²) in [5.74, 6) is 0.852. The number of aromatic hydroxyl groups is 1. The van der Waals surface area contributed by atoms with Gasteiger partial charge in [0.15, 0.2) is 11.5 Å². The van der Waals surface area contributed by atoms with Crippen LogP contribution >= 0.6 is 0 Å². The maximum absolute atomic E-state index is 9.80. The third-order valence-corrected chi connectivity index (χ3v) is 3.12. The lowest BCUT2D eigenvalue weighted by molar-refractivity contribution is 0.161. The van der Waals surface area contributed by atoms with Crippen molar-refractivity contribution < 1.29 is 9.84 Å². The zero-order valence-corrected chi connectivity index (χ0v) is 9.92. The minimum absolute atomic E-state index is 0.182. The van der Waals surface area contributed by atoms with Gasteiger partial charge in [-0.2, -0.15) is 0 Å². The maximum atomic E-state index is 9.80. The number of ether oxygens (including phenoxy) is 1. The van der Waals surface area contributed by atoms with Crippen molar-refractivity contribution in [1.82, 2.24) is 5.32 Å². The Morgan fingerprint density at radius 3 is 2.75 bits per heavy atom. The molecule has 2 rings (SSSR count). The predicted molar refractivity (Wildman–Crippen MR) is 64.1 cm³/mol. The summed E-state index contributed by atoms with van der Waals surface area (Å²) in [7, 11) is 0. The third kappa shape index (κ3) is 2.47. The van der Waals surface area contributed by atoms with Crippen LogP contribution in [-0.2, 0) is 0 Å². The number of benzene rings is 1. The Morgan fingerprint density at radius 2 is 2.06 bits per heavy atom. The average Bonchev–Trinajstić information content (AvgIpc) is 2.27. The van der Waals surface area contributed by atoms with E-state index in [4.69, 9.17) is 4.74 Å². The van der Waals surface area contributed by atoms with Crippen LogP contribution in [0.3, 0.4) is 0 Å². The molecule has 0 spiro atoms. The summed E-state index contributed by atoms with van der Waals surface area (Å²) in [6.07, 6.45) is 2.37. The van der Waals surface area contributed by atoms with Gasteiger partial charge in [-0.25, -0.2) is 0 Å². The number of piperidine rings is 1. The van der Waals surface area contributed by atoms with Gasteiger partial charge in [0.25, 0.3) is 0 Å². The molecule has 1 unspecified atom stereocenters. The first-order chi connectivity index (χ1) is 7.66. The van der Waals surface area contributed by atoms with Gasteiger partial charge in [0, 0.05) is 6.54 Å². The van der Waals surface area contributed by atoms with E-state index in [0.29, 0.717) is 5.75 Å². The van der Waals surface area contributed by atoms with E-state index < -0.39 is 0 Å². The van der Waals surface area contributed by atoms with E-state index >= 15 is 0 Å². The molecule has 1 aromatic carbocycles. The van der Waals surface area contributed by atoms with E-state index in [1.807, 2.05) is 19.9 Å². The van der Waals surface area contributed by atoms with E-state index in [1.165, 1.54) is 0 Å². The Labute approximate surface area is 96.4 Å². The Hall–Kier alpha value is -1.22. The lowest BCUT2D eigenvalue weighted by atomic mass is 10.1. The highest BCUT2D eigenvalue weighted by molar-refractivity contribution is 5.45. The molecule has 1 aliphatic rings. The zero-order chi connectivity index (χ0) is 11.5. The molecule has 0 aromatic heterocycles. The standard InChI is InChI=1S/C13H19NO2/c1-9-6-12(15)13(7-10(9)2)16-11-4-3-5-14-8-11/h6-7,11,14-15H,3-5,8H2,1-2H3. The number of hydrogen-bond donors (Lipinski definition) is 2. The van der Waals surface area contributed by atoms with Crippen LogP contribution in [0.15, 0.2) is 12.1 Å². The molecule has 0 amide bonds. The van der Waals surface area contributed by atoms with E-state index in [2.05, 4.69) is 5.32 Å². The topological polar surface area (TPSA) is 41.5 Å². The molecule has 1 atom stereocenters. The fourth-order valence-electron chi connectivity index (χ4n) is 1.97. The minimum Gasteiger partial charge on any atom is -0.504 e. The van der Waals surface area contributed by atoms with Crippen molar-refractivity contribution in [3.63, 3.8) is 0 Å². The van der Waals surface area contributed by atoms with Crippen LogP contribution in [0.2, 0.25) is 0 Å². The van der Waals surface area contributed by atoms with Crippen LogP contribution in [0.4, 0.5) is 0 Å². The van der Waals surface area contributed by atoms with Gasteiger partial charge in [0.05, 0.1) is 0 Å². The predicted octanol–water partition coefficient (Wildman–Crippen LogP) is 2.14.